The van der Waals surface area contributed by atoms with Crippen LogP contribution < -0.4 is 5.32 Å². The van der Waals surface area contributed by atoms with Gasteiger partial charge in [-0.05, 0) is 12.8 Å². The second-order valence-electron chi connectivity index (χ2n) is 4.71. The number of rotatable bonds is 4. The largest absolute Gasteiger partial charge is 0.337 e. The van der Waals surface area contributed by atoms with Crippen LogP contribution in [0.4, 0.5) is 0 Å². The highest BCUT2D eigenvalue weighted by Gasteiger charge is 2.33. The Morgan fingerprint density at radius 3 is 2.95 bits per heavy atom. The summed E-state index contributed by atoms with van der Waals surface area (Å²) in [5.41, 5.74) is 0. The van der Waals surface area contributed by atoms with E-state index in [-0.39, 0.29) is 18.2 Å². The number of likely N-dealkylation sites (N-methyl/N-ethyl adjacent to an activating group) is 1. The quantitative estimate of drug-likeness (QED) is 0.731. The fraction of sp³-hybridized carbons (Fsp3) is 0.583. The molecule has 1 unspecified atom stereocenters. The maximum atomic E-state index is 12.0. The highest BCUT2D eigenvalue weighted by molar-refractivity contribution is 6.02. The molecule has 1 aliphatic heterocycles. The van der Waals surface area contributed by atoms with E-state index in [0.29, 0.717) is 18.7 Å². The van der Waals surface area contributed by atoms with Crippen molar-refractivity contribution < 1.29 is 14.4 Å². The first-order valence-corrected chi connectivity index (χ1v) is 6.55. The molecule has 108 valence electrons. The van der Waals surface area contributed by atoms with Gasteiger partial charge in [-0.1, -0.05) is 6.92 Å². The molecule has 1 aliphatic rings. The van der Waals surface area contributed by atoms with Crippen molar-refractivity contribution >= 4 is 17.7 Å². The predicted octanol–water partition coefficient (Wildman–Crippen LogP) is -0.366. The van der Waals surface area contributed by atoms with E-state index in [0.717, 1.165) is 11.3 Å². The molecule has 1 aromatic heterocycles. The van der Waals surface area contributed by atoms with Crippen molar-refractivity contribution in [3.05, 3.63) is 11.6 Å². The molecular weight excluding hydrogens is 262 g/mol. The lowest BCUT2D eigenvalue weighted by Crippen LogP contribution is -2.53. The molecular formula is C12H17N5O3. The summed E-state index contributed by atoms with van der Waals surface area (Å²) >= 11 is 0. The number of aromatic nitrogens is 3. The van der Waals surface area contributed by atoms with Crippen LogP contribution in [0.3, 0.4) is 0 Å². The van der Waals surface area contributed by atoms with E-state index in [1.165, 1.54) is 7.05 Å². The molecule has 8 nitrogen and oxygen atoms in total. The van der Waals surface area contributed by atoms with Crippen molar-refractivity contribution in [2.75, 3.05) is 7.05 Å². The molecule has 20 heavy (non-hydrogen) atoms. The second kappa shape index (κ2) is 5.81. The molecule has 1 fully saturated rings. The minimum absolute atomic E-state index is 0.0146. The van der Waals surface area contributed by atoms with E-state index in [4.69, 9.17) is 0 Å². The number of carbonyl (C=O) groups excluding carboxylic acids is 3. The Balaban J connectivity index is 2.00. The molecule has 0 spiro atoms. The Morgan fingerprint density at radius 2 is 2.25 bits per heavy atom. The van der Waals surface area contributed by atoms with E-state index in [1.54, 1.807) is 0 Å². The van der Waals surface area contributed by atoms with Crippen molar-refractivity contribution in [1.82, 2.24) is 25.4 Å². The van der Waals surface area contributed by atoms with Gasteiger partial charge in [0.2, 0.25) is 11.7 Å². The lowest BCUT2D eigenvalue weighted by Gasteiger charge is -2.27. The van der Waals surface area contributed by atoms with Gasteiger partial charge in [-0.15, -0.1) is 5.10 Å². The number of imide groups is 1. The Labute approximate surface area is 115 Å². The summed E-state index contributed by atoms with van der Waals surface area (Å²) in [6.45, 7) is 2.00. The summed E-state index contributed by atoms with van der Waals surface area (Å²) in [5.74, 6) is -0.493. The molecule has 0 bridgehead atoms. The van der Waals surface area contributed by atoms with Crippen molar-refractivity contribution in [3.8, 4) is 0 Å². The fourth-order valence-electron chi connectivity index (χ4n) is 2.02. The average Bonchev–Trinajstić information content (AvgIpc) is 2.88. The summed E-state index contributed by atoms with van der Waals surface area (Å²) < 4.78 is 0. The number of nitrogens with one attached hydrogen (secondary N) is 2. The number of hydrogen-bond acceptors (Lipinski definition) is 5. The Kier molecular flexibility index (Phi) is 4.11. The van der Waals surface area contributed by atoms with E-state index >= 15 is 0 Å². The highest BCUT2D eigenvalue weighted by Crippen LogP contribution is 2.11. The van der Waals surface area contributed by atoms with Crippen LogP contribution >= 0.6 is 0 Å². The van der Waals surface area contributed by atoms with Crippen LogP contribution in [0.5, 0.6) is 0 Å². The number of amides is 3. The van der Waals surface area contributed by atoms with Gasteiger partial charge >= 0.3 is 0 Å². The van der Waals surface area contributed by atoms with Crippen LogP contribution in [-0.2, 0) is 16.0 Å². The Hall–Kier alpha value is -2.25. The van der Waals surface area contributed by atoms with Gasteiger partial charge < -0.3 is 5.32 Å². The number of aromatic amines is 1. The zero-order valence-corrected chi connectivity index (χ0v) is 11.5. The molecule has 0 aliphatic carbocycles. The smallest absolute Gasteiger partial charge is 0.291 e. The van der Waals surface area contributed by atoms with Gasteiger partial charge in [0.25, 0.3) is 11.8 Å². The predicted molar refractivity (Wildman–Crippen MR) is 68.6 cm³/mol. The van der Waals surface area contributed by atoms with Gasteiger partial charge in [0.15, 0.2) is 0 Å². The first-order chi connectivity index (χ1) is 9.52. The van der Waals surface area contributed by atoms with Crippen LogP contribution in [0.2, 0.25) is 0 Å². The average molecular weight is 279 g/mol. The number of likely N-dealkylation sites (tertiary alicyclic amines) is 1. The molecule has 1 atom stereocenters. The summed E-state index contributed by atoms with van der Waals surface area (Å²) in [6.07, 6.45) is 2.15. The number of nitrogens with zero attached hydrogens (tertiary/aromatic N) is 3. The second-order valence-corrected chi connectivity index (χ2v) is 4.71. The van der Waals surface area contributed by atoms with Gasteiger partial charge in [-0.25, -0.2) is 4.98 Å². The van der Waals surface area contributed by atoms with Gasteiger partial charge in [0.1, 0.15) is 11.9 Å². The zero-order chi connectivity index (χ0) is 14.7. The van der Waals surface area contributed by atoms with Crippen molar-refractivity contribution in [2.45, 2.75) is 38.6 Å². The van der Waals surface area contributed by atoms with E-state index in [1.807, 2.05) is 6.92 Å². The van der Waals surface area contributed by atoms with Gasteiger partial charge in [0, 0.05) is 19.9 Å². The topological polar surface area (TPSA) is 108 Å². The normalized spacial score (nSPS) is 19.3. The molecule has 0 saturated carbocycles. The molecule has 1 aromatic rings. The summed E-state index contributed by atoms with van der Waals surface area (Å²) in [6, 6.07) is -0.696. The van der Waals surface area contributed by atoms with Crippen LogP contribution in [0.15, 0.2) is 0 Å². The summed E-state index contributed by atoms with van der Waals surface area (Å²) in [4.78, 5) is 40.2. The Bertz CT molecular complexity index is 539. The van der Waals surface area contributed by atoms with E-state index in [9.17, 15) is 14.4 Å². The third-order valence-electron chi connectivity index (χ3n) is 3.18. The molecule has 0 radical (unpaired) electrons. The highest BCUT2D eigenvalue weighted by atomic mass is 16.2. The number of H-pyrrole nitrogens is 1. The lowest BCUT2D eigenvalue weighted by atomic mass is 10.0. The maximum absolute atomic E-state index is 12.0. The van der Waals surface area contributed by atoms with E-state index in [2.05, 4.69) is 20.5 Å². The molecule has 3 amide bonds. The minimum Gasteiger partial charge on any atom is -0.337 e. The van der Waals surface area contributed by atoms with Crippen molar-refractivity contribution in [2.24, 2.45) is 0 Å². The molecule has 0 aromatic carbocycles. The minimum atomic E-state index is -0.696. The zero-order valence-electron chi connectivity index (χ0n) is 11.5. The van der Waals surface area contributed by atoms with Crippen molar-refractivity contribution in [1.29, 1.82) is 0 Å². The summed E-state index contributed by atoms with van der Waals surface area (Å²) in [7, 11) is 1.41. The summed E-state index contributed by atoms with van der Waals surface area (Å²) in [5, 5.41) is 9.06. The lowest BCUT2D eigenvalue weighted by molar-refractivity contribution is -0.147. The van der Waals surface area contributed by atoms with Crippen molar-refractivity contribution in [3.63, 3.8) is 0 Å². The van der Waals surface area contributed by atoms with Gasteiger partial charge in [-0.3, -0.25) is 24.4 Å². The maximum Gasteiger partial charge on any atom is 0.291 e. The fourth-order valence-corrected chi connectivity index (χ4v) is 2.02. The van der Waals surface area contributed by atoms with Crippen LogP contribution in [0.1, 0.15) is 42.6 Å². The van der Waals surface area contributed by atoms with E-state index < -0.39 is 17.9 Å². The first kappa shape index (κ1) is 14.2. The molecule has 1 saturated heterocycles. The van der Waals surface area contributed by atoms with Crippen LogP contribution in [-0.4, -0.2) is 50.9 Å². The third-order valence-corrected chi connectivity index (χ3v) is 3.18. The van der Waals surface area contributed by atoms with Gasteiger partial charge in [-0.2, -0.15) is 0 Å². The molecule has 2 heterocycles. The Morgan fingerprint density at radius 1 is 1.50 bits per heavy atom. The number of hydrogen-bond donors (Lipinski definition) is 2. The molecule has 2 N–H and O–H groups in total. The SMILES string of the molecule is CCCc1nc(C(=O)NC2CCC(=O)N(C)C2=O)n[nH]1. The van der Waals surface area contributed by atoms with Gasteiger partial charge in [0.05, 0.1) is 0 Å². The third kappa shape index (κ3) is 2.84. The van der Waals surface area contributed by atoms with Crippen LogP contribution in [0, 0.1) is 0 Å². The van der Waals surface area contributed by atoms with Crippen LogP contribution in [0.25, 0.3) is 0 Å². The molecule has 8 heteroatoms. The number of aryl methyl sites for hydroxylation is 1. The number of piperidine rings is 1. The molecule has 2 rings (SSSR count). The first-order valence-electron chi connectivity index (χ1n) is 6.55. The monoisotopic (exact) mass is 279 g/mol. The standard InChI is InChI=1S/C12H17N5O3/c1-3-4-8-14-10(16-15-8)11(19)13-7-5-6-9(18)17(2)12(7)20/h7H,3-6H2,1-2H3,(H,13,19)(H,14,15,16). The number of carbonyl (C=O) groups is 3.